The van der Waals surface area contributed by atoms with E-state index in [1.54, 1.807) is 24.3 Å². The minimum atomic E-state index is -0.333. The van der Waals surface area contributed by atoms with Crippen molar-refractivity contribution in [2.24, 2.45) is 0 Å². The molecule has 0 saturated heterocycles. The van der Waals surface area contributed by atoms with Crippen LogP contribution in [0.4, 0.5) is 4.39 Å². The molecule has 0 radical (unpaired) electrons. The average Bonchev–Trinajstić information content (AvgIpc) is 2.60. The highest BCUT2D eigenvalue weighted by molar-refractivity contribution is 9.10. The Bertz CT molecular complexity index is 1220. The fourth-order valence-corrected chi connectivity index (χ4v) is 3.62. The van der Waals surface area contributed by atoms with E-state index in [0.717, 1.165) is 16.8 Å². The van der Waals surface area contributed by atoms with Crippen molar-refractivity contribution >= 4 is 38.6 Å². The normalized spacial score (nSPS) is 11.1. The molecule has 0 atom stereocenters. The second-order valence-corrected chi connectivity index (χ2v) is 7.33. The van der Waals surface area contributed by atoms with Gasteiger partial charge in [0.05, 0.1) is 15.7 Å². The molecule has 7 heteroatoms. The first-order chi connectivity index (χ1) is 12.9. The topological polar surface area (TPSA) is 58.6 Å². The molecule has 3 heterocycles. The maximum absolute atomic E-state index is 13.4. The van der Waals surface area contributed by atoms with Gasteiger partial charge in [-0.05, 0) is 70.9 Å². The highest BCUT2D eigenvalue weighted by Gasteiger charge is 2.15. The Morgan fingerprint density at radius 2 is 1.78 bits per heavy atom. The van der Waals surface area contributed by atoms with E-state index in [1.807, 2.05) is 13.0 Å². The van der Waals surface area contributed by atoms with E-state index < -0.39 is 0 Å². The summed E-state index contributed by atoms with van der Waals surface area (Å²) >= 11 is 9.42. The Kier molecular flexibility index (Phi) is 4.53. The maximum atomic E-state index is 13.4. The van der Waals surface area contributed by atoms with Crippen molar-refractivity contribution in [2.75, 3.05) is 0 Å². The van der Waals surface area contributed by atoms with Gasteiger partial charge in [0.1, 0.15) is 16.6 Å². The maximum Gasteiger partial charge on any atom is 0.192 e. The van der Waals surface area contributed by atoms with Crippen molar-refractivity contribution in [3.63, 3.8) is 0 Å². The number of benzene rings is 1. The minimum absolute atomic E-state index is 0.160. The number of aromatic nitrogens is 3. The fourth-order valence-electron chi connectivity index (χ4n) is 2.97. The summed E-state index contributed by atoms with van der Waals surface area (Å²) in [7, 11) is 0. The van der Waals surface area contributed by atoms with Crippen LogP contribution in [-0.4, -0.2) is 15.0 Å². The van der Waals surface area contributed by atoms with Crippen LogP contribution in [0.25, 0.3) is 33.4 Å². The SMILES string of the molecule is Cc1cc(-c2cc3c(=O)cc(Br)[nH]c3nc2-c2ccc(F)cc2)cc(Cl)n1. The van der Waals surface area contributed by atoms with Crippen LogP contribution in [0, 0.1) is 12.7 Å². The summed E-state index contributed by atoms with van der Waals surface area (Å²) in [6.07, 6.45) is 0. The molecule has 4 rings (SSSR count). The van der Waals surface area contributed by atoms with Gasteiger partial charge in [-0.3, -0.25) is 4.79 Å². The number of rotatable bonds is 2. The average molecular weight is 445 g/mol. The number of halogens is 3. The Morgan fingerprint density at radius 1 is 1.04 bits per heavy atom. The van der Waals surface area contributed by atoms with Crippen molar-refractivity contribution in [3.05, 3.63) is 80.0 Å². The minimum Gasteiger partial charge on any atom is -0.334 e. The molecule has 0 aliphatic heterocycles. The summed E-state index contributed by atoms with van der Waals surface area (Å²) < 4.78 is 13.9. The Labute approximate surface area is 167 Å². The summed E-state index contributed by atoms with van der Waals surface area (Å²) in [5.74, 6) is -0.333. The number of nitrogens with one attached hydrogen (secondary N) is 1. The van der Waals surface area contributed by atoms with Crippen molar-refractivity contribution < 1.29 is 4.39 Å². The standard InChI is InChI=1S/C20H12BrClFN3O/c1-10-6-12(7-18(22)24-10)14-8-15-16(27)9-17(21)25-20(15)26-19(14)11-2-4-13(23)5-3-11/h2-9H,1H3,(H,25,26,27). The molecule has 0 aliphatic rings. The molecule has 4 aromatic rings. The van der Waals surface area contributed by atoms with Gasteiger partial charge in [0.15, 0.2) is 5.43 Å². The summed E-state index contributed by atoms with van der Waals surface area (Å²) in [5, 5.41) is 0.796. The van der Waals surface area contributed by atoms with E-state index in [9.17, 15) is 9.18 Å². The lowest BCUT2D eigenvalue weighted by Gasteiger charge is -2.12. The lowest BCUT2D eigenvalue weighted by Crippen LogP contribution is -2.05. The molecule has 0 unspecified atom stereocenters. The molecule has 4 nitrogen and oxygen atoms in total. The lowest BCUT2D eigenvalue weighted by molar-refractivity contribution is 0.628. The number of aryl methyl sites for hydroxylation is 1. The van der Waals surface area contributed by atoms with Crippen molar-refractivity contribution in [1.82, 2.24) is 15.0 Å². The zero-order valence-electron chi connectivity index (χ0n) is 14.1. The molecule has 1 aromatic carbocycles. The van der Waals surface area contributed by atoms with Gasteiger partial charge in [-0.15, -0.1) is 0 Å². The zero-order valence-corrected chi connectivity index (χ0v) is 16.4. The predicted octanol–water partition coefficient (Wildman–Crippen LogP) is 5.52. The summed E-state index contributed by atoms with van der Waals surface area (Å²) in [4.78, 5) is 24.3. The predicted molar refractivity (Wildman–Crippen MR) is 108 cm³/mol. The van der Waals surface area contributed by atoms with Crippen molar-refractivity contribution in [1.29, 1.82) is 0 Å². The third-order valence-electron chi connectivity index (χ3n) is 4.13. The van der Waals surface area contributed by atoms with E-state index in [0.29, 0.717) is 32.0 Å². The van der Waals surface area contributed by atoms with Gasteiger partial charge in [0.25, 0.3) is 0 Å². The second-order valence-electron chi connectivity index (χ2n) is 6.09. The van der Waals surface area contributed by atoms with Crippen LogP contribution in [0.5, 0.6) is 0 Å². The highest BCUT2D eigenvalue weighted by Crippen LogP contribution is 2.34. The number of H-pyrrole nitrogens is 1. The molecule has 27 heavy (non-hydrogen) atoms. The first kappa shape index (κ1) is 17.8. The Balaban J connectivity index is 2.09. The van der Waals surface area contributed by atoms with Gasteiger partial charge in [-0.25, -0.2) is 14.4 Å². The second kappa shape index (κ2) is 6.87. The van der Waals surface area contributed by atoms with Gasteiger partial charge in [-0.2, -0.15) is 0 Å². The molecule has 0 bridgehead atoms. The van der Waals surface area contributed by atoms with E-state index in [1.165, 1.54) is 18.2 Å². The fraction of sp³-hybridized carbons (Fsp3) is 0.0500. The van der Waals surface area contributed by atoms with E-state index in [4.69, 9.17) is 11.6 Å². The highest BCUT2D eigenvalue weighted by atomic mass is 79.9. The van der Waals surface area contributed by atoms with Gasteiger partial charge in [-0.1, -0.05) is 11.6 Å². The van der Waals surface area contributed by atoms with Gasteiger partial charge >= 0.3 is 0 Å². The van der Waals surface area contributed by atoms with Crippen molar-refractivity contribution in [3.8, 4) is 22.4 Å². The van der Waals surface area contributed by atoms with Crippen LogP contribution in [0.2, 0.25) is 5.15 Å². The first-order valence-corrected chi connectivity index (χ1v) is 9.22. The van der Waals surface area contributed by atoms with Gasteiger partial charge < -0.3 is 4.98 Å². The zero-order chi connectivity index (χ0) is 19.1. The number of hydrogen-bond donors (Lipinski definition) is 1. The van der Waals surface area contributed by atoms with E-state index >= 15 is 0 Å². The van der Waals surface area contributed by atoms with Crippen LogP contribution in [-0.2, 0) is 0 Å². The van der Waals surface area contributed by atoms with Crippen LogP contribution in [0.15, 0.2) is 57.9 Å². The van der Waals surface area contributed by atoms with Crippen LogP contribution in [0.1, 0.15) is 5.69 Å². The van der Waals surface area contributed by atoms with E-state index in [-0.39, 0.29) is 11.2 Å². The number of hydrogen-bond acceptors (Lipinski definition) is 3. The van der Waals surface area contributed by atoms with E-state index in [2.05, 4.69) is 30.9 Å². The monoisotopic (exact) mass is 443 g/mol. The molecule has 0 amide bonds. The van der Waals surface area contributed by atoms with Gasteiger partial charge in [0, 0.05) is 22.9 Å². The molecular weight excluding hydrogens is 433 g/mol. The third kappa shape index (κ3) is 3.50. The van der Waals surface area contributed by atoms with Gasteiger partial charge in [0.2, 0.25) is 0 Å². The molecule has 0 fully saturated rings. The van der Waals surface area contributed by atoms with Crippen LogP contribution < -0.4 is 5.43 Å². The largest absolute Gasteiger partial charge is 0.334 e. The van der Waals surface area contributed by atoms with Crippen LogP contribution >= 0.6 is 27.5 Å². The molecule has 0 spiro atoms. The Morgan fingerprint density at radius 3 is 2.48 bits per heavy atom. The first-order valence-electron chi connectivity index (χ1n) is 8.05. The number of aromatic amines is 1. The molecule has 3 aromatic heterocycles. The summed E-state index contributed by atoms with van der Waals surface area (Å²) in [6, 6.07) is 12.9. The quantitative estimate of drug-likeness (QED) is 0.414. The smallest absolute Gasteiger partial charge is 0.192 e. The molecule has 134 valence electrons. The summed E-state index contributed by atoms with van der Waals surface area (Å²) in [6.45, 7) is 1.84. The molecular formula is C20H12BrClFN3O. The molecule has 0 saturated carbocycles. The molecule has 1 N–H and O–H groups in total. The Hall–Kier alpha value is -2.57. The number of fused-ring (bicyclic) bond motifs is 1. The number of pyridine rings is 3. The molecule has 0 aliphatic carbocycles. The van der Waals surface area contributed by atoms with Crippen LogP contribution in [0.3, 0.4) is 0 Å². The lowest BCUT2D eigenvalue weighted by atomic mass is 9.98. The van der Waals surface area contributed by atoms with Crippen molar-refractivity contribution in [2.45, 2.75) is 6.92 Å². The third-order valence-corrected chi connectivity index (χ3v) is 4.76. The summed E-state index contributed by atoms with van der Waals surface area (Å²) in [5.41, 5.74) is 3.85. The number of nitrogens with zero attached hydrogens (tertiary/aromatic N) is 2.